The summed E-state index contributed by atoms with van der Waals surface area (Å²) in [4.78, 5) is 28.7. The molecule has 5 N–H and O–H groups in total. The van der Waals surface area contributed by atoms with Gasteiger partial charge >= 0.3 is 6.03 Å². The third kappa shape index (κ3) is 7.06. The monoisotopic (exact) mass is 467 g/mol. The Bertz CT molecular complexity index is 1270. The molecule has 8 nitrogen and oxygen atoms in total. The lowest BCUT2D eigenvalue weighted by Crippen LogP contribution is -2.35. The number of hydrogen-bond acceptors (Lipinski definition) is 5. The summed E-state index contributed by atoms with van der Waals surface area (Å²) < 4.78 is 5.87. The number of ether oxygens (including phenoxy) is 1. The number of pyridine rings is 1. The minimum atomic E-state index is -0.727. The van der Waals surface area contributed by atoms with Gasteiger partial charge < -0.3 is 26.4 Å². The number of benzene rings is 3. The van der Waals surface area contributed by atoms with Crippen LogP contribution in [0.5, 0.6) is 11.5 Å². The van der Waals surface area contributed by atoms with Crippen LogP contribution in [0.4, 0.5) is 22.0 Å². The van der Waals surface area contributed by atoms with Gasteiger partial charge in [0.05, 0.1) is 24.3 Å². The fourth-order valence-electron chi connectivity index (χ4n) is 3.45. The second-order valence-electron chi connectivity index (χ2n) is 7.72. The third-order valence-electron chi connectivity index (χ3n) is 5.04. The van der Waals surface area contributed by atoms with Crippen LogP contribution < -0.4 is 26.4 Å². The summed E-state index contributed by atoms with van der Waals surface area (Å²) in [6.07, 6.45) is 1.54. The number of urea groups is 1. The standard InChI is InChI=1S/C27H25N5O3/c28-27(34)32-24(19-8-7-13-23(16-19)35-22-11-5-2-6-12-22)17-26(33)31-21-14-15-25(29-18-21)30-20-9-3-1-4-10-20/h1-16,18,24H,17H2,(H,29,30)(H,31,33)(H3,28,32,34). The van der Waals surface area contributed by atoms with Crippen molar-refractivity contribution in [2.45, 2.75) is 12.5 Å². The van der Waals surface area contributed by atoms with Crippen molar-refractivity contribution < 1.29 is 14.3 Å². The van der Waals surface area contributed by atoms with E-state index in [1.54, 1.807) is 42.6 Å². The highest BCUT2D eigenvalue weighted by Crippen LogP contribution is 2.26. The summed E-state index contributed by atoms with van der Waals surface area (Å²) in [6.45, 7) is 0. The summed E-state index contributed by atoms with van der Waals surface area (Å²) in [5.74, 6) is 1.61. The molecule has 35 heavy (non-hydrogen) atoms. The molecule has 0 bridgehead atoms. The van der Waals surface area contributed by atoms with Crippen LogP contribution in [0.15, 0.2) is 103 Å². The number of nitrogens with one attached hydrogen (secondary N) is 3. The van der Waals surface area contributed by atoms with Gasteiger partial charge in [0.25, 0.3) is 0 Å². The highest BCUT2D eigenvalue weighted by Gasteiger charge is 2.18. The van der Waals surface area contributed by atoms with Crippen molar-refractivity contribution in [2.75, 3.05) is 10.6 Å². The van der Waals surface area contributed by atoms with Crippen LogP contribution in [-0.2, 0) is 4.79 Å². The fraction of sp³-hybridized carbons (Fsp3) is 0.0741. The molecule has 0 saturated heterocycles. The molecule has 0 saturated carbocycles. The van der Waals surface area contributed by atoms with E-state index in [1.165, 1.54) is 0 Å². The second kappa shape index (κ2) is 11.3. The molecule has 8 heteroatoms. The van der Waals surface area contributed by atoms with Gasteiger partial charge in [-0.15, -0.1) is 0 Å². The molecule has 176 valence electrons. The number of aromatic nitrogens is 1. The average molecular weight is 468 g/mol. The van der Waals surface area contributed by atoms with E-state index >= 15 is 0 Å². The van der Waals surface area contributed by atoms with Crippen LogP contribution in [0.2, 0.25) is 0 Å². The summed E-state index contributed by atoms with van der Waals surface area (Å²) in [5, 5.41) is 8.63. The van der Waals surface area contributed by atoms with E-state index in [1.807, 2.05) is 60.7 Å². The normalized spacial score (nSPS) is 11.2. The van der Waals surface area contributed by atoms with Crippen LogP contribution in [-0.4, -0.2) is 16.9 Å². The van der Waals surface area contributed by atoms with Crippen LogP contribution in [0.25, 0.3) is 0 Å². The van der Waals surface area contributed by atoms with E-state index in [2.05, 4.69) is 20.9 Å². The van der Waals surface area contributed by atoms with E-state index in [0.717, 1.165) is 5.69 Å². The van der Waals surface area contributed by atoms with Crippen molar-refractivity contribution in [2.24, 2.45) is 5.73 Å². The molecule has 0 aliphatic carbocycles. The van der Waals surface area contributed by atoms with Gasteiger partial charge in [-0.2, -0.15) is 0 Å². The van der Waals surface area contributed by atoms with Crippen LogP contribution in [0.3, 0.4) is 0 Å². The smallest absolute Gasteiger partial charge is 0.312 e. The minimum Gasteiger partial charge on any atom is -0.457 e. The lowest BCUT2D eigenvalue weighted by Gasteiger charge is -2.19. The Balaban J connectivity index is 1.41. The van der Waals surface area contributed by atoms with Gasteiger partial charge in [0, 0.05) is 5.69 Å². The third-order valence-corrected chi connectivity index (χ3v) is 5.04. The topological polar surface area (TPSA) is 118 Å². The molecule has 4 aromatic rings. The van der Waals surface area contributed by atoms with E-state index < -0.39 is 12.1 Å². The maximum absolute atomic E-state index is 12.8. The van der Waals surface area contributed by atoms with Gasteiger partial charge in [-0.1, -0.05) is 48.5 Å². The Labute approximate surface area is 203 Å². The molecule has 0 fully saturated rings. The van der Waals surface area contributed by atoms with Gasteiger partial charge in [0.1, 0.15) is 17.3 Å². The highest BCUT2D eigenvalue weighted by molar-refractivity contribution is 5.91. The molecule has 1 unspecified atom stereocenters. The summed E-state index contributed by atoms with van der Waals surface area (Å²) >= 11 is 0. The Morgan fingerprint density at radius 1 is 0.829 bits per heavy atom. The number of primary amides is 1. The average Bonchev–Trinajstić information content (AvgIpc) is 2.86. The summed E-state index contributed by atoms with van der Waals surface area (Å²) in [6, 6.07) is 28.3. The van der Waals surface area contributed by atoms with Gasteiger partial charge in [-0.3, -0.25) is 4.79 Å². The predicted molar refractivity (Wildman–Crippen MR) is 136 cm³/mol. The van der Waals surface area contributed by atoms with Crippen LogP contribution >= 0.6 is 0 Å². The first-order valence-corrected chi connectivity index (χ1v) is 11.0. The second-order valence-corrected chi connectivity index (χ2v) is 7.72. The zero-order valence-electron chi connectivity index (χ0n) is 18.8. The van der Waals surface area contributed by atoms with Gasteiger partial charge in [0.2, 0.25) is 5.91 Å². The lowest BCUT2D eigenvalue weighted by molar-refractivity contribution is -0.116. The zero-order chi connectivity index (χ0) is 24.5. The number of nitrogens with zero attached hydrogens (tertiary/aromatic N) is 1. The molecule has 0 radical (unpaired) electrons. The van der Waals surface area contributed by atoms with Gasteiger partial charge in [-0.25, -0.2) is 9.78 Å². The Morgan fingerprint density at radius 3 is 2.23 bits per heavy atom. The molecule has 1 atom stereocenters. The van der Waals surface area contributed by atoms with Crippen LogP contribution in [0.1, 0.15) is 18.0 Å². The Hall–Kier alpha value is -4.85. The zero-order valence-corrected chi connectivity index (χ0v) is 18.8. The molecule has 4 rings (SSSR count). The molecule has 3 amide bonds. The van der Waals surface area contributed by atoms with E-state index in [0.29, 0.717) is 28.6 Å². The quantitative estimate of drug-likeness (QED) is 0.264. The van der Waals surface area contributed by atoms with Crippen molar-refractivity contribution in [3.63, 3.8) is 0 Å². The fourth-order valence-corrected chi connectivity index (χ4v) is 3.45. The maximum atomic E-state index is 12.8. The number of carbonyl (C=O) groups excluding carboxylic acids is 2. The van der Waals surface area contributed by atoms with Gasteiger partial charge in [-0.05, 0) is 54.1 Å². The minimum absolute atomic E-state index is 0.0260. The highest BCUT2D eigenvalue weighted by atomic mass is 16.5. The van der Waals surface area contributed by atoms with Crippen molar-refractivity contribution in [3.8, 4) is 11.5 Å². The van der Waals surface area contributed by atoms with E-state index in [-0.39, 0.29) is 12.3 Å². The lowest BCUT2D eigenvalue weighted by atomic mass is 10.0. The first kappa shape index (κ1) is 23.3. The summed E-state index contributed by atoms with van der Waals surface area (Å²) in [5.41, 5.74) is 7.51. The van der Waals surface area contributed by atoms with Gasteiger partial charge in [0.15, 0.2) is 0 Å². The van der Waals surface area contributed by atoms with Crippen LogP contribution in [0, 0.1) is 0 Å². The number of hydrogen-bond donors (Lipinski definition) is 4. The number of amides is 3. The van der Waals surface area contributed by atoms with E-state index in [9.17, 15) is 9.59 Å². The van der Waals surface area contributed by atoms with E-state index in [4.69, 9.17) is 10.5 Å². The molecular weight excluding hydrogens is 442 g/mol. The molecule has 1 aromatic heterocycles. The van der Waals surface area contributed by atoms with Crippen molar-refractivity contribution in [1.29, 1.82) is 0 Å². The molecule has 3 aromatic carbocycles. The predicted octanol–water partition coefficient (Wildman–Crippen LogP) is 5.36. The molecular formula is C27H25N5O3. The Morgan fingerprint density at radius 2 is 1.54 bits per heavy atom. The summed E-state index contributed by atoms with van der Waals surface area (Å²) in [7, 11) is 0. The van der Waals surface area contributed by atoms with Crippen molar-refractivity contribution in [3.05, 3.63) is 109 Å². The maximum Gasteiger partial charge on any atom is 0.312 e. The first-order chi connectivity index (χ1) is 17.0. The van der Waals surface area contributed by atoms with Crippen molar-refractivity contribution in [1.82, 2.24) is 10.3 Å². The van der Waals surface area contributed by atoms with Crippen molar-refractivity contribution >= 4 is 29.1 Å². The Kier molecular flexibility index (Phi) is 7.55. The number of nitrogens with two attached hydrogens (primary N) is 1. The number of rotatable bonds is 9. The molecule has 0 aliphatic heterocycles. The largest absolute Gasteiger partial charge is 0.457 e. The molecule has 0 aliphatic rings. The number of para-hydroxylation sites is 2. The number of carbonyl (C=O) groups is 2. The molecule has 1 heterocycles. The molecule has 0 spiro atoms. The first-order valence-electron chi connectivity index (χ1n) is 11.0. The SMILES string of the molecule is NC(=O)NC(CC(=O)Nc1ccc(Nc2ccccc2)nc1)c1cccc(Oc2ccccc2)c1. The number of anilines is 3.